The second-order valence-electron chi connectivity index (χ2n) is 5.66. The van der Waals surface area contributed by atoms with E-state index >= 15 is 0 Å². The first-order valence-corrected chi connectivity index (χ1v) is 8.53. The Balaban J connectivity index is 2.19. The number of hydrogen-bond donors (Lipinski definition) is 0. The zero-order chi connectivity index (χ0) is 19.6. The van der Waals surface area contributed by atoms with E-state index in [2.05, 4.69) is 0 Å². The van der Waals surface area contributed by atoms with Crippen LogP contribution in [0.3, 0.4) is 0 Å². The van der Waals surface area contributed by atoms with E-state index in [0.29, 0.717) is 24.7 Å². The first kappa shape index (κ1) is 18.4. The lowest BCUT2D eigenvalue weighted by Crippen LogP contribution is -2.31. The smallest absolute Gasteiger partial charge is 0.340 e. The summed E-state index contributed by atoms with van der Waals surface area (Å²) in [6, 6.07) is 9.40. The van der Waals surface area contributed by atoms with E-state index in [-0.39, 0.29) is 22.4 Å². The van der Waals surface area contributed by atoms with E-state index in [1.807, 2.05) is 0 Å². The summed E-state index contributed by atoms with van der Waals surface area (Å²) in [6.45, 7) is 4.30. The molecular formula is C20H19NO6. The number of esters is 1. The molecule has 0 fully saturated rings. The number of ether oxygens (including phenoxy) is 3. The molecule has 2 aromatic carbocycles. The van der Waals surface area contributed by atoms with E-state index in [1.54, 1.807) is 38.1 Å². The van der Waals surface area contributed by atoms with Gasteiger partial charge in [-0.05, 0) is 26.0 Å². The van der Waals surface area contributed by atoms with Gasteiger partial charge < -0.3 is 14.2 Å². The molecule has 0 spiro atoms. The number of carbonyl (C=O) groups excluding carboxylic acids is 3. The molecule has 0 bridgehead atoms. The van der Waals surface area contributed by atoms with Crippen LogP contribution < -0.4 is 14.4 Å². The largest absolute Gasteiger partial charge is 0.490 e. The van der Waals surface area contributed by atoms with E-state index in [9.17, 15) is 14.4 Å². The fraction of sp³-hybridized carbons (Fsp3) is 0.250. The van der Waals surface area contributed by atoms with Gasteiger partial charge in [0.1, 0.15) is 0 Å². The highest BCUT2D eigenvalue weighted by molar-refractivity contribution is 6.35. The van der Waals surface area contributed by atoms with Crippen molar-refractivity contribution in [2.75, 3.05) is 25.2 Å². The zero-order valence-corrected chi connectivity index (χ0v) is 15.3. The van der Waals surface area contributed by atoms with Crippen LogP contribution in [0.5, 0.6) is 11.5 Å². The predicted molar refractivity (Wildman–Crippen MR) is 97.7 cm³/mol. The molecule has 140 valence electrons. The molecule has 0 unspecified atom stereocenters. The Kier molecular flexibility index (Phi) is 5.12. The summed E-state index contributed by atoms with van der Waals surface area (Å²) in [5.41, 5.74) is 0.703. The van der Waals surface area contributed by atoms with Crippen LogP contribution in [0.2, 0.25) is 0 Å². The van der Waals surface area contributed by atoms with Gasteiger partial charge in [0, 0.05) is 12.1 Å². The Morgan fingerprint density at radius 3 is 1.93 bits per heavy atom. The second-order valence-corrected chi connectivity index (χ2v) is 5.66. The Bertz CT molecular complexity index is 886. The van der Waals surface area contributed by atoms with Crippen molar-refractivity contribution in [3.05, 3.63) is 53.1 Å². The molecule has 1 aliphatic rings. The summed E-state index contributed by atoms with van der Waals surface area (Å²) in [6.07, 6.45) is 0. The summed E-state index contributed by atoms with van der Waals surface area (Å²) >= 11 is 0. The van der Waals surface area contributed by atoms with Crippen LogP contribution in [-0.4, -0.2) is 38.1 Å². The summed E-state index contributed by atoms with van der Waals surface area (Å²) in [4.78, 5) is 39.0. The number of nitrogens with zero attached hydrogens (tertiary/aromatic N) is 1. The third kappa shape index (κ3) is 3.12. The minimum absolute atomic E-state index is 0.0407. The van der Waals surface area contributed by atoms with E-state index < -0.39 is 17.8 Å². The number of imide groups is 1. The van der Waals surface area contributed by atoms with Crippen molar-refractivity contribution >= 4 is 23.5 Å². The highest BCUT2D eigenvalue weighted by Gasteiger charge is 2.39. The Hall–Kier alpha value is -3.35. The summed E-state index contributed by atoms with van der Waals surface area (Å²) in [5, 5.41) is 0. The third-order valence-electron chi connectivity index (χ3n) is 4.10. The van der Waals surface area contributed by atoms with Gasteiger partial charge >= 0.3 is 5.97 Å². The van der Waals surface area contributed by atoms with Crippen LogP contribution in [0.4, 0.5) is 5.69 Å². The molecule has 1 heterocycles. The molecule has 0 radical (unpaired) electrons. The first-order valence-electron chi connectivity index (χ1n) is 8.53. The van der Waals surface area contributed by atoms with Crippen molar-refractivity contribution in [2.24, 2.45) is 0 Å². The molecule has 0 saturated carbocycles. The van der Waals surface area contributed by atoms with Crippen LogP contribution in [0.25, 0.3) is 0 Å². The molecular weight excluding hydrogens is 350 g/mol. The van der Waals surface area contributed by atoms with Gasteiger partial charge in [-0.2, -0.15) is 0 Å². The number of methoxy groups -OCH3 is 1. The minimum atomic E-state index is -0.689. The average molecular weight is 369 g/mol. The molecule has 0 N–H and O–H groups in total. The predicted octanol–water partition coefficient (Wildman–Crippen LogP) is 3.07. The number of rotatable bonds is 6. The molecule has 27 heavy (non-hydrogen) atoms. The number of carbonyl (C=O) groups is 3. The maximum absolute atomic E-state index is 12.8. The number of fused-ring (bicyclic) bond motifs is 1. The van der Waals surface area contributed by atoms with Gasteiger partial charge in [-0.15, -0.1) is 0 Å². The molecule has 7 heteroatoms. The van der Waals surface area contributed by atoms with Crippen LogP contribution in [0.15, 0.2) is 36.4 Å². The molecule has 0 atom stereocenters. The average Bonchev–Trinajstić information content (AvgIpc) is 2.93. The monoisotopic (exact) mass is 369 g/mol. The molecule has 0 aromatic heterocycles. The molecule has 0 aliphatic carbocycles. The zero-order valence-electron chi connectivity index (χ0n) is 15.3. The highest BCUT2D eigenvalue weighted by atomic mass is 16.5. The molecule has 2 amide bonds. The Morgan fingerprint density at radius 1 is 0.926 bits per heavy atom. The van der Waals surface area contributed by atoms with Crippen molar-refractivity contribution in [3.8, 4) is 11.5 Å². The van der Waals surface area contributed by atoms with Crippen molar-refractivity contribution in [1.82, 2.24) is 0 Å². The lowest BCUT2D eigenvalue weighted by molar-refractivity contribution is 0.0601. The van der Waals surface area contributed by atoms with Gasteiger partial charge in [0.2, 0.25) is 0 Å². The fourth-order valence-electron chi connectivity index (χ4n) is 2.95. The van der Waals surface area contributed by atoms with Gasteiger partial charge in [-0.3, -0.25) is 9.59 Å². The normalized spacial score (nSPS) is 12.8. The van der Waals surface area contributed by atoms with Crippen LogP contribution in [-0.2, 0) is 4.74 Å². The Labute approximate surface area is 156 Å². The van der Waals surface area contributed by atoms with Gasteiger partial charge in [0.25, 0.3) is 11.8 Å². The van der Waals surface area contributed by atoms with E-state index in [1.165, 1.54) is 19.2 Å². The van der Waals surface area contributed by atoms with Crippen molar-refractivity contribution in [3.63, 3.8) is 0 Å². The molecule has 1 aliphatic heterocycles. The first-order chi connectivity index (χ1) is 13.0. The maximum atomic E-state index is 12.8. The van der Waals surface area contributed by atoms with Gasteiger partial charge in [-0.1, -0.05) is 12.1 Å². The lowest BCUT2D eigenvalue weighted by atomic mass is 10.1. The standard InChI is InChI=1S/C20H19NO6/c1-4-26-16-10-14(20(24)25-3)15(11-17(16)27-5-2)21-18(22)12-8-6-7-9-13(12)19(21)23/h6-11H,4-5H2,1-3H3. The SMILES string of the molecule is CCOc1cc(C(=O)OC)c(N2C(=O)c3ccccc3C2=O)cc1OCC. The van der Waals surface area contributed by atoms with E-state index in [4.69, 9.17) is 14.2 Å². The summed E-state index contributed by atoms with van der Waals surface area (Å²) < 4.78 is 15.9. The second kappa shape index (κ2) is 7.49. The quantitative estimate of drug-likeness (QED) is 0.575. The Morgan fingerprint density at radius 2 is 1.44 bits per heavy atom. The lowest BCUT2D eigenvalue weighted by Gasteiger charge is -2.20. The van der Waals surface area contributed by atoms with Gasteiger partial charge in [0.05, 0.1) is 42.7 Å². The maximum Gasteiger partial charge on any atom is 0.340 e. The van der Waals surface area contributed by atoms with E-state index in [0.717, 1.165) is 4.90 Å². The molecule has 7 nitrogen and oxygen atoms in total. The number of amides is 2. The highest BCUT2D eigenvalue weighted by Crippen LogP contribution is 2.39. The number of hydrogen-bond acceptors (Lipinski definition) is 6. The van der Waals surface area contributed by atoms with Crippen molar-refractivity contribution in [2.45, 2.75) is 13.8 Å². The third-order valence-corrected chi connectivity index (χ3v) is 4.10. The fourth-order valence-corrected chi connectivity index (χ4v) is 2.95. The number of anilines is 1. The summed E-state index contributed by atoms with van der Waals surface area (Å²) in [7, 11) is 1.23. The minimum Gasteiger partial charge on any atom is -0.490 e. The van der Waals surface area contributed by atoms with Crippen molar-refractivity contribution in [1.29, 1.82) is 0 Å². The molecule has 2 aromatic rings. The van der Waals surface area contributed by atoms with Gasteiger partial charge in [-0.25, -0.2) is 9.69 Å². The molecule has 0 saturated heterocycles. The van der Waals surface area contributed by atoms with Crippen LogP contribution in [0.1, 0.15) is 44.9 Å². The van der Waals surface area contributed by atoms with Gasteiger partial charge in [0.15, 0.2) is 11.5 Å². The van der Waals surface area contributed by atoms with Crippen LogP contribution in [0, 0.1) is 0 Å². The topological polar surface area (TPSA) is 82.1 Å². The number of benzene rings is 2. The van der Waals surface area contributed by atoms with Crippen LogP contribution >= 0.6 is 0 Å². The van der Waals surface area contributed by atoms with Crippen molar-refractivity contribution < 1.29 is 28.6 Å². The summed E-state index contributed by atoms with van der Waals surface area (Å²) in [5.74, 6) is -1.04. The molecule has 3 rings (SSSR count).